The third-order valence-electron chi connectivity index (χ3n) is 3.10. The molecule has 1 fully saturated rings. The zero-order valence-electron chi connectivity index (χ0n) is 11.2. The number of piperidine rings is 1. The molecule has 5 nitrogen and oxygen atoms in total. The van der Waals surface area contributed by atoms with Gasteiger partial charge in [-0.3, -0.25) is 10.2 Å². The Morgan fingerprint density at radius 1 is 1.33 bits per heavy atom. The Morgan fingerprint density at radius 2 is 2.06 bits per heavy atom. The lowest BCUT2D eigenvalue weighted by atomic mass is 10.2. The summed E-state index contributed by atoms with van der Waals surface area (Å²) >= 11 is 0. The maximum Gasteiger partial charge on any atom is 0.294 e. The number of nitrogens with zero attached hydrogens (tertiary/aromatic N) is 3. The molecule has 1 aromatic heterocycles. The Morgan fingerprint density at radius 3 is 2.72 bits per heavy atom. The summed E-state index contributed by atoms with van der Waals surface area (Å²) in [5, 5.41) is 2.09. The second kappa shape index (κ2) is 6.00. The first-order chi connectivity index (χ1) is 8.66. The van der Waals surface area contributed by atoms with Crippen LogP contribution in [0.15, 0.2) is 17.2 Å². The molecule has 0 amide bonds. The topological polar surface area (TPSA) is 50.2 Å². The number of hydrogen-bond acceptors (Lipinski definition) is 4. The smallest absolute Gasteiger partial charge is 0.294 e. The van der Waals surface area contributed by atoms with Crippen LogP contribution in [0.25, 0.3) is 0 Å². The molecule has 1 aliphatic rings. The SMILES string of the molecule is CC(C)Cn1ccnc(NN2CCCCC2)c1=O. The number of aromatic nitrogens is 2. The van der Waals surface area contributed by atoms with Gasteiger partial charge in [-0.2, -0.15) is 0 Å². The van der Waals surface area contributed by atoms with Gasteiger partial charge in [-0.1, -0.05) is 20.3 Å². The highest BCUT2D eigenvalue weighted by Gasteiger charge is 2.13. The Hall–Kier alpha value is -1.36. The van der Waals surface area contributed by atoms with E-state index in [9.17, 15) is 4.79 Å². The Kier molecular flexibility index (Phi) is 4.36. The van der Waals surface area contributed by atoms with Crippen LogP contribution < -0.4 is 11.0 Å². The van der Waals surface area contributed by atoms with Crippen molar-refractivity contribution in [1.29, 1.82) is 0 Å². The highest BCUT2D eigenvalue weighted by molar-refractivity contribution is 5.29. The molecule has 1 N–H and O–H groups in total. The predicted octanol–water partition coefficient (Wildman–Crippen LogP) is 1.71. The van der Waals surface area contributed by atoms with E-state index in [1.165, 1.54) is 19.3 Å². The molecule has 0 aromatic carbocycles. The maximum atomic E-state index is 12.2. The molecule has 2 rings (SSSR count). The van der Waals surface area contributed by atoms with Gasteiger partial charge in [-0.15, -0.1) is 0 Å². The highest BCUT2D eigenvalue weighted by atomic mass is 16.1. The molecule has 0 saturated carbocycles. The van der Waals surface area contributed by atoms with E-state index in [-0.39, 0.29) is 5.56 Å². The van der Waals surface area contributed by atoms with E-state index in [0.29, 0.717) is 11.7 Å². The van der Waals surface area contributed by atoms with Crippen LogP contribution in [0.3, 0.4) is 0 Å². The molecular weight excluding hydrogens is 228 g/mol. The van der Waals surface area contributed by atoms with Crippen molar-refractivity contribution in [2.75, 3.05) is 18.5 Å². The summed E-state index contributed by atoms with van der Waals surface area (Å²) in [7, 11) is 0. The fourth-order valence-electron chi connectivity index (χ4n) is 2.22. The summed E-state index contributed by atoms with van der Waals surface area (Å²) in [4.78, 5) is 16.3. The van der Waals surface area contributed by atoms with Gasteiger partial charge in [-0.25, -0.2) is 9.99 Å². The minimum absolute atomic E-state index is 0.0308. The van der Waals surface area contributed by atoms with Crippen LogP contribution in [0.5, 0.6) is 0 Å². The van der Waals surface area contributed by atoms with Crippen molar-refractivity contribution >= 4 is 5.82 Å². The van der Waals surface area contributed by atoms with Crippen LogP contribution in [-0.2, 0) is 6.54 Å². The number of anilines is 1. The zero-order chi connectivity index (χ0) is 13.0. The van der Waals surface area contributed by atoms with Gasteiger partial charge in [-0.05, 0) is 18.8 Å². The fraction of sp³-hybridized carbons (Fsp3) is 0.692. The van der Waals surface area contributed by atoms with Gasteiger partial charge in [0.05, 0.1) is 0 Å². The monoisotopic (exact) mass is 250 g/mol. The Balaban J connectivity index is 2.10. The minimum Gasteiger partial charge on any atom is -0.311 e. The first kappa shape index (κ1) is 13.1. The van der Waals surface area contributed by atoms with E-state index in [4.69, 9.17) is 0 Å². The van der Waals surface area contributed by atoms with Gasteiger partial charge in [0.1, 0.15) is 0 Å². The summed E-state index contributed by atoms with van der Waals surface area (Å²) in [5.41, 5.74) is 3.12. The molecule has 0 bridgehead atoms. The lowest BCUT2D eigenvalue weighted by Gasteiger charge is -2.27. The third-order valence-corrected chi connectivity index (χ3v) is 3.10. The second-order valence-corrected chi connectivity index (χ2v) is 5.29. The van der Waals surface area contributed by atoms with Crippen LogP contribution in [0.4, 0.5) is 5.82 Å². The molecule has 0 radical (unpaired) electrons. The molecule has 1 aromatic rings. The number of hydrazine groups is 1. The summed E-state index contributed by atoms with van der Waals surface area (Å²) < 4.78 is 1.73. The van der Waals surface area contributed by atoms with Crippen molar-refractivity contribution in [3.05, 3.63) is 22.7 Å². The second-order valence-electron chi connectivity index (χ2n) is 5.29. The van der Waals surface area contributed by atoms with Crippen LogP contribution in [0.2, 0.25) is 0 Å². The van der Waals surface area contributed by atoms with Crippen LogP contribution >= 0.6 is 0 Å². The summed E-state index contributed by atoms with van der Waals surface area (Å²) in [6.45, 7) is 6.91. The van der Waals surface area contributed by atoms with Crippen LogP contribution in [0, 0.1) is 5.92 Å². The molecule has 1 saturated heterocycles. The molecule has 0 aliphatic carbocycles. The molecule has 100 valence electrons. The molecule has 18 heavy (non-hydrogen) atoms. The number of rotatable bonds is 4. The van der Waals surface area contributed by atoms with Gasteiger partial charge in [0.15, 0.2) is 0 Å². The average Bonchev–Trinajstić information content (AvgIpc) is 2.35. The van der Waals surface area contributed by atoms with Gasteiger partial charge < -0.3 is 4.57 Å². The van der Waals surface area contributed by atoms with E-state index in [1.54, 1.807) is 17.0 Å². The molecular formula is C13H22N4O. The van der Waals surface area contributed by atoms with Gasteiger partial charge in [0.25, 0.3) is 5.56 Å². The van der Waals surface area contributed by atoms with Crippen LogP contribution in [0.1, 0.15) is 33.1 Å². The third kappa shape index (κ3) is 3.32. The summed E-state index contributed by atoms with van der Waals surface area (Å²) in [5.74, 6) is 0.896. The van der Waals surface area contributed by atoms with E-state index >= 15 is 0 Å². The standard InChI is InChI=1S/C13H22N4O/c1-11(2)10-16-9-6-14-12(13(16)18)15-17-7-4-3-5-8-17/h6,9,11H,3-5,7-8,10H2,1-2H3,(H,14,15). The molecule has 0 unspecified atom stereocenters. The summed E-state index contributed by atoms with van der Waals surface area (Å²) in [6.07, 6.45) is 7.08. The molecule has 0 atom stereocenters. The predicted molar refractivity (Wildman–Crippen MR) is 72.4 cm³/mol. The van der Waals surface area contributed by atoms with E-state index in [0.717, 1.165) is 19.6 Å². The van der Waals surface area contributed by atoms with E-state index in [1.807, 2.05) is 0 Å². The molecule has 5 heteroatoms. The van der Waals surface area contributed by atoms with Crippen molar-refractivity contribution in [3.8, 4) is 0 Å². The fourth-order valence-corrected chi connectivity index (χ4v) is 2.22. The largest absolute Gasteiger partial charge is 0.311 e. The van der Waals surface area contributed by atoms with E-state index < -0.39 is 0 Å². The molecule has 1 aliphatic heterocycles. The molecule has 2 heterocycles. The van der Waals surface area contributed by atoms with Crippen molar-refractivity contribution in [2.24, 2.45) is 5.92 Å². The van der Waals surface area contributed by atoms with Gasteiger partial charge >= 0.3 is 0 Å². The van der Waals surface area contributed by atoms with Crippen LogP contribution in [-0.4, -0.2) is 27.6 Å². The summed E-state index contributed by atoms with van der Waals surface area (Å²) in [6, 6.07) is 0. The lowest BCUT2D eigenvalue weighted by molar-refractivity contribution is 0.271. The van der Waals surface area contributed by atoms with Gasteiger partial charge in [0.2, 0.25) is 5.82 Å². The Bertz CT molecular complexity index is 435. The first-order valence-electron chi connectivity index (χ1n) is 6.74. The van der Waals surface area contributed by atoms with Crippen molar-refractivity contribution in [1.82, 2.24) is 14.6 Å². The van der Waals surface area contributed by atoms with Gasteiger partial charge in [0, 0.05) is 32.0 Å². The van der Waals surface area contributed by atoms with E-state index in [2.05, 4.69) is 29.3 Å². The lowest BCUT2D eigenvalue weighted by Crippen LogP contribution is -2.38. The van der Waals surface area contributed by atoms with Crippen molar-refractivity contribution < 1.29 is 0 Å². The minimum atomic E-state index is -0.0308. The number of nitrogens with one attached hydrogen (secondary N) is 1. The Labute approximate surface area is 108 Å². The average molecular weight is 250 g/mol. The first-order valence-corrected chi connectivity index (χ1v) is 6.74. The van der Waals surface area contributed by atoms with Crippen molar-refractivity contribution in [3.63, 3.8) is 0 Å². The maximum absolute atomic E-state index is 12.2. The normalized spacial score (nSPS) is 17.1. The van der Waals surface area contributed by atoms with Crippen molar-refractivity contribution in [2.45, 2.75) is 39.7 Å². The molecule has 0 spiro atoms. The zero-order valence-corrected chi connectivity index (χ0v) is 11.2. The number of hydrogen-bond donors (Lipinski definition) is 1. The quantitative estimate of drug-likeness (QED) is 0.884. The highest BCUT2D eigenvalue weighted by Crippen LogP contribution is 2.09.